The van der Waals surface area contributed by atoms with Crippen molar-refractivity contribution in [1.29, 1.82) is 0 Å². The Bertz CT molecular complexity index is 1330. The van der Waals surface area contributed by atoms with Crippen LogP contribution in [-0.2, 0) is 24.3 Å². The van der Waals surface area contributed by atoms with Gasteiger partial charge < -0.3 is 24.6 Å². The lowest BCUT2D eigenvalue weighted by molar-refractivity contribution is -0.140. The Morgan fingerprint density at radius 3 is 2.34 bits per heavy atom. The first-order chi connectivity index (χ1) is 18.2. The molecule has 0 aliphatic carbocycles. The molecule has 0 bridgehead atoms. The highest BCUT2D eigenvalue weighted by atomic mass is 32.2. The number of carbonyl (C=O) groups excluding carboxylic acids is 2. The highest BCUT2D eigenvalue weighted by Gasteiger charge is 2.46. The highest BCUT2D eigenvalue weighted by Crippen LogP contribution is 2.42. The average Bonchev–Trinajstić information content (AvgIpc) is 3.18. The zero-order valence-electron chi connectivity index (χ0n) is 21.4. The van der Waals surface area contributed by atoms with E-state index in [1.807, 2.05) is 0 Å². The van der Waals surface area contributed by atoms with E-state index in [4.69, 9.17) is 9.47 Å². The zero-order valence-corrected chi connectivity index (χ0v) is 22.2. The number of rotatable bonds is 9. The molecule has 0 spiro atoms. The van der Waals surface area contributed by atoms with Gasteiger partial charge >= 0.3 is 0 Å². The molecule has 2 saturated heterocycles. The third-order valence-electron chi connectivity index (χ3n) is 6.89. The molecular formula is C27H32N2O8S. The molecular weight excluding hydrogens is 512 g/mol. The number of nitrogens with zero attached hydrogens (tertiary/aromatic N) is 2. The summed E-state index contributed by atoms with van der Waals surface area (Å²) in [5.74, 6) is -2.02. The number of piperidine rings is 1. The summed E-state index contributed by atoms with van der Waals surface area (Å²) in [6, 6.07) is 9.16. The van der Waals surface area contributed by atoms with Gasteiger partial charge in [-0.3, -0.25) is 9.59 Å². The van der Waals surface area contributed by atoms with Crippen molar-refractivity contribution in [3.8, 4) is 11.5 Å². The quantitative estimate of drug-likeness (QED) is 0.213. The fraction of sp³-hybridized carbons (Fsp3) is 0.407. The van der Waals surface area contributed by atoms with Crippen LogP contribution in [0.25, 0.3) is 5.76 Å². The van der Waals surface area contributed by atoms with E-state index in [1.54, 1.807) is 6.07 Å². The van der Waals surface area contributed by atoms with E-state index in [9.17, 15) is 28.2 Å². The molecule has 38 heavy (non-hydrogen) atoms. The first-order valence-corrected chi connectivity index (χ1v) is 13.9. The molecule has 10 nitrogen and oxygen atoms in total. The minimum atomic E-state index is -3.67. The third kappa shape index (κ3) is 5.27. The summed E-state index contributed by atoms with van der Waals surface area (Å²) in [4.78, 5) is 27.7. The number of hydrogen-bond acceptors (Lipinski definition) is 8. The molecule has 1 amide bonds. The van der Waals surface area contributed by atoms with Crippen molar-refractivity contribution in [1.82, 2.24) is 9.21 Å². The number of phenols is 1. The van der Waals surface area contributed by atoms with Crippen molar-refractivity contribution >= 4 is 27.5 Å². The van der Waals surface area contributed by atoms with E-state index in [2.05, 4.69) is 0 Å². The molecule has 11 heteroatoms. The summed E-state index contributed by atoms with van der Waals surface area (Å²) in [5.41, 5.74) is 0.530. The van der Waals surface area contributed by atoms with Crippen LogP contribution in [0.4, 0.5) is 0 Å². The van der Waals surface area contributed by atoms with Gasteiger partial charge in [0.1, 0.15) is 5.76 Å². The summed E-state index contributed by atoms with van der Waals surface area (Å²) >= 11 is 0. The molecule has 2 aliphatic rings. The topological polar surface area (TPSA) is 134 Å². The molecule has 204 valence electrons. The molecule has 2 heterocycles. The maximum Gasteiger partial charge on any atom is 0.295 e. The number of aliphatic hydroxyl groups is 1. The summed E-state index contributed by atoms with van der Waals surface area (Å²) in [6.45, 7) is 1.48. The minimum Gasteiger partial charge on any atom is -0.507 e. The molecule has 2 fully saturated rings. The third-order valence-corrected chi connectivity index (χ3v) is 8.80. The Morgan fingerprint density at radius 2 is 1.71 bits per heavy atom. The monoisotopic (exact) mass is 544 g/mol. The van der Waals surface area contributed by atoms with Crippen LogP contribution < -0.4 is 4.74 Å². The van der Waals surface area contributed by atoms with Crippen LogP contribution in [0.15, 0.2) is 52.9 Å². The molecule has 4 rings (SSSR count). The molecule has 1 atom stereocenters. The van der Waals surface area contributed by atoms with E-state index in [0.717, 1.165) is 19.3 Å². The number of aliphatic hydroxyl groups excluding tert-OH is 1. The number of methoxy groups -OCH3 is 2. The van der Waals surface area contributed by atoms with Crippen LogP contribution in [-0.4, -0.2) is 80.0 Å². The van der Waals surface area contributed by atoms with E-state index in [1.165, 1.54) is 59.8 Å². The molecule has 0 aromatic heterocycles. The van der Waals surface area contributed by atoms with Gasteiger partial charge in [-0.1, -0.05) is 12.5 Å². The van der Waals surface area contributed by atoms with Crippen molar-refractivity contribution in [2.75, 3.05) is 40.5 Å². The normalized spacial score (nSPS) is 20.2. The van der Waals surface area contributed by atoms with Gasteiger partial charge in [0.05, 0.1) is 23.6 Å². The highest BCUT2D eigenvalue weighted by molar-refractivity contribution is 7.89. The molecule has 2 aromatic carbocycles. The first-order valence-electron chi connectivity index (χ1n) is 12.5. The van der Waals surface area contributed by atoms with Crippen LogP contribution in [0.2, 0.25) is 0 Å². The number of carbonyl (C=O) groups is 2. The summed E-state index contributed by atoms with van der Waals surface area (Å²) < 4.78 is 37.8. The molecule has 0 unspecified atom stereocenters. The van der Waals surface area contributed by atoms with Crippen LogP contribution in [0.1, 0.15) is 42.9 Å². The summed E-state index contributed by atoms with van der Waals surface area (Å²) in [5, 5.41) is 21.3. The van der Waals surface area contributed by atoms with Gasteiger partial charge in [0.25, 0.3) is 11.7 Å². The van der Waals surface area contributed by atoms with E-state index >= 15 is 0 Å². The van der Waals surface area contributed by atoms with Gasteiger partial charge in [-0.05, 0) is 61.2 Å². The average molecular weight is 545 g/mol. The van der Waals surface area contributed by atoms with Gasteiger partial charge in [-0.25, -0.2) is 8.42 Å². The van der Waals surface area contributed by atoms with Crippen molar-refractivity contribution in [3.05, 3.63) is 59.2 Å². The van der Waals surface area contributed by atoms with Gasteiger partial charge in [0.15, 0.2) is 11.5 Å². The van der Waals surface area contributed by atoms with Crippen molar-refractivity contribution < 1.29 is 37.7 Å². The number of Topliss-reactive ketones (excluding diaryl/α,β-unsaturated/α-hetero) is 1. The Morgan fingerprint density at radius 1 is 1.03 bits per heavy atom. The number of phenolic OH excluding ortho intramolecular Hbond substituents is 1. The number of hydrogen-bond donors (Lipinski definition) is 2. The summed E-state index contributed by atoms with van der Waals surface area (Å²) in [6.07, 6.45) is 3.07. The Balaban J connectivity index is 1.75. The fourth-order valence-electron chi connectivity index (χ4n) is 4.90. The zero-order chi connectivity index (χ0) is 27.4. The van der Waals surface area contributed by atoms with E-state index < -0.39 is 33.5 Å². The number of sulfonamides is 1. The van der Waals surface area contributed by atoms with Crippen LogP contribution in [0.3, 0.4) is 0 Å². The van der Waals surface area contributed by atoms with Crippen LogP contribution in [0, 0.1) is 0 Å². The van der Waals surface area contributed by atoms with Crippen LogP contribution >= 0.6 is 0 Å². The number of ether oxygens (including phenoxy) is 2. The van der Waals surface area contributed by atoms with Gasteiger partial charge in [-0.15, -0.1) is 0 Å². The second-order valence-corrected chi connectivity index (χ2v) is 11.2. The molecule has 2 aliphatic heterocycles. The van der Waals surface area contributed by atoms with Crippen molar-refractivity contribution in [2.45, 2.75) is 36.6 Å². The Labute approximate surface area is 222 Å². The van der Waals surface area contributed by atoms with E-state index in [-0.39, 0.29) is 34.1 Å². The number of amides is 1. The number of aromatic hydroxyl groups is 1. The van der Waals surface area contributed by atoms with Crippen molar-refractivity contribution in [3.63, 3.8) is 0 Å². The maximum absolute atomic E-state index is 13.2. The lowest BCUT2D eigenvalue weighted by Gasteiger charge is -2.26. The second-order valence-electron chi connectivity index (χ2n) is 9.26. The Kier molecular flexibility index (Phi) is 8.39. The predicted octanol–water partition coefficient (Wildman–Crippen LogP) is 3.03. The number of ketones is 1. The largest absolute Gasteiger partial charge is 0.507 e. The molecule has 2 aromatic rings. The second kappa shape index (κ2) is 11.5. The van der Waals surface area contributed by atoms with Crippen molar-refractivity contribution in [2.24, 2.45) is 0 Å². The lowest BCUT2D eigenvalue weighted by Crippen LogP contribution is -2.35. The smallest absolute Gasteiger partial charge is 0.295 e. The molecule has 2 N–H and O–H groups in total. The standard InChI is InChI=1S/C27H32N2O8S/c1-36-16-6-15-29-24(19-9-12-21(30)22(17-19)37-2)23(26(32)27(29)33)25(31)18-7-10-20(11-8-18)38(34,35)28-13-4-3-5-14-28/h7-12,17,24,30-31H,3-6,13-16H2,1-2H3/t24-/m0/s1. The predicted molar refractivity (Wildman–Crippen MR) is 139 cm³/mol. The maximum atomic E-state index is 13.2. The fourth-order valence-corrected chi connectivity index (χ4v) is 6.41. The molecule has 0 radical (unpaired) electrons. The van der Waals surface area contributed by atoms with Gasteiger partial charge in [-0.2, -0.15) is 4.31 Å². The van der Waals surface area contributed by atoms with Gasteiger partial charge in [0, 0.05) is 38.9 Å². The molecule has 0 saturated carbocycles. The lowest BCUT2D eigenvalue weighted by atomic mass is 9.95. The Hall–Kier alpha value is -3.41. The number of benzene rings is 2. The van der Waals surface area contributed by atoms with Gasteiger partial charge in [0.2, 0.25) is 10.0 Å². The van der Waals surface area contributed by atoms with E-state index in [0.29, 0.717) is 31.7 Å². The first kappa shape index (κ1) is 27.6. The van der Waals surface area contributed by atoms with Crippen LogP contribution in [0.5, 0.6) is 11.5 Å². The minimum absolute atomic E-state index is 0.0933. The summed E-state index contributed by atoms with van der Waals surface area (Å²) in [7, 11) is -0.757. The SMILES string of the molecule is COCCCN1C(=O)C(=O)C(=C(O)c2ccc(S(=O)(=O)N3CCCCC3)cc2)[C@@H]1c1ccc(O)c(OC)c1. The number of likely N-dealkylation sites (tertiary alicyclic amines) is 1.